The highest BCUT2D eigenvalue weighted by Gasteiger charge is 2.70. The molecule has 3 heterocycles. The Labute approximate surface area is 214 Å². The Kier molecular flexibility index (Phi) is 5.19. The normalized spacial score (nSPS) is 24.8. The molecule has 0 aromatic heterocycles. The van der Waals surface area contributed by atoms with Crippen LogP contribution in [0.4, 0.5) is 11.4 Å². The van der Waals surface area contributed by atoms with Gasteiger partial charge in [-0.15, -0.1) is 0 Å². The summed E-state index contributed by atoms with van der Waals surface area (Å²) >= 11 is 0. The van der Waals surface area contributed by atoms with Crippen LogP contribution in [0.5, 0.6) is 11.5 Å². The predicted octanol–water partition coefficient (Wildman–Crippen LogP) is 4.27. The molecule has 0 unspecified atom stereocenters. The summed E-state index contributed by atoms with van der Waals surface area (Å²) in [6.07, 6.45) is 3.92. The quantitative estimate of drug-likeness (QED) is 0.534. The van der Waals surface area contributed by atoms with Gasteiger partial charge in [0.05, 0.1) is 26.2 Å². The van der Waals surface area contributed by atoms with E-state index in [0.29, 0.717) is 28.3 Å². The first-order chi connectivity index (χ1) is 17.9. The van der Waals surface area contributed by atoms with Gasteiger partial charge in [-0.05, 0) is 48.4 Å². The van der Waals surface area contributed by atoms with Crippen LogP contribution in [0.25, 0.3) is 6.08 Å². The van der Waals surface area contributed by atoms with E-state index in [1.807, 2.05) is 65.6 Å². The second-order valence-electron chi connectivity index (χ2n) is 9.61. The van der Waals surface area contributed by atoms with Crippen LogP contribution in [0.2, 0.25) is 0 Å². The van der Waals surface area contributed by atoms with Crippen molar-refractivity contribution >= 4 is 34.9 Å². The van der Waals surface area contributed by atoms with Gasteiger partial charge < -0.3 is 19.7 Å². The molecule has 7 nitrogen and oxygen atoms in total. The molecule has 0 radical (unpaired) electrons. The topological polar surface area (TPSA) is 84.9 Å². The molecule has 186 valence electrons. The molecule has 3 aliphatic rings. The lowest BCUT2D eigenvalue weighted by atomic mass is 9.64. The zero-order valence-corrected chi connectivity index (χ0v) is 20.7. The first kappa shape index (κ1) is 23.0. The molecule has 3 aromatic rings. The zero-order valence-electron chi connectivity index (χ0n) is 20.7. The Morgan fingerprint density at radius 2 is 1.68 bits per heavy atom. The number of methoxy groups -OCH3 is 2. The first-order valence-corrected chi connectivity index (χ1v) is 12.2. The maximum absolute atomic E-state index is 14.5. The van der Waals surface area contributed by atoms with Crippen molar-refractivity contribution in [3.05, 3.63) is 89.5 Å². The summed E-state index contributed by atoms with van der Waals surface area (Å²) in [4.78, 5) is 44.1. The van der Waals surface area contributed by atoms with E-state index in [-0.39, 0.29) is 17.5 Å². The molecule has 4 atom stereocenters. The van der Waals surface area contributed by atoms with Crippen LogP contribution < -0.4 is 19.7 Å². The molecular weight excluding hydrogens is 468 g/mol. The number of Topliss-reactive ketones (excluding diaryl/α,β-unsaturated/α-hetero) is 2. The Hall–Kier alpha value is -4.39. The fourth-order valence-corrected chi connectivity index (χ4v) is 6.49. The summed E-state index contributed by atoms with van der Waals surface area (Å²) in [6.45, 7) is 1.50. The lowest BCUT2D eigenvalue weighted by Crippen LogP contribution is -2.54. The minimum Gasteiger partial charge on any atom is -0.493 e. The number of nitrogens with one attached hydrogen (secondary N) is 1. The molecule has 1 amide bonds. The van der Waals surface area contributed by atoms with E-state index in [4.69, 9.17) is 9.47 Å². The molecule has 0 saturated carbocycles. The SMILES string of the molecule is COc1ccc(C(=O)[C@H]2[C@@H]3C=Cc4ccccc4N3[C@@H](C(C)=O)[C@@]23C(=O)Nc2ccccc23)cc1OC. The third kappa shape index (κ3) is 3.03. The smallest absolute Gasteiger partial charge is 0.238 e. The second kappa shape index (κ2) is 8.34. The van der Waals surface area contributed by atoms with E-state index in [9.17, 15) is 14.4 Å². The molecule has 1 saturated heterocycles. The largest absolute Gasteiger partial charge is 0.493 e. The molecule has 37 heavy (non-hydrogen) atoms. The number of hydrogen-bond donors (Lipinski definition) is 1. The predicted molar refractivity (Wildman–Crippen MR) is 140 cm³/mol. The number of carbonyl (C=O) groups excluding carboxylic acids is 3. The molecule has 3 aliphatic heterocycles. The van der Waals surface area contributed by atoms with Gasteiger partial charge in [0.15, 0.2) is 23.1 Å². The standard InChI is InChI=1S/C30H26N2O5/c1-17(33)28-30(20-9-5-6-10-21(20)31-29(30)35)26(23-14-12-18-8-4-7-11-22(18)32(23)28)27(34)19-13-15-24(36-2)25(16-19)37-3/h4-16,23,26,28H,1-3H3,(H,31,35)/t23-,26+,28-,30-/m0/s1. The van der Waals surface area contributed by atoms with Crippen molar-refractivity contribution in [1.29, 1.82) is 0 Å². The van der Waals surface area contributed by atoms with Gasteiger partial charge in [0.1, 0.15) is 11.5 Å². The van der Waals surface area contributed by atoms with E-state index in [0.717, 1.165) is 11.3 Å². The number of anilines is 2. The number of ether oxygens (including phenoxy) is 2. The maximum Gasteiger partial charge on any atom is 0.238 e. The Morgan fingerprint density at radius 3 is 2.43 bits per heavy atom. The van der Waals surface area contributed by atoms with Crippen LogP contribution in [0.1, 0.15) is 28.4 Å². The average Bonchev–Trinajstić information content (AvgIpc) is 3.40. The number of ketones is 2. The molecule has 3 aromatic carbocycles. The number of amides is 1. The molecular formula is C30H26N2O5. The van der Waals surface area contributed by atoms with E-state index >= 15 is 0 Å². The third-order valence-corrected chi connectivity index (χ3v) is 7.88. The number of carbonyl (C=O) groups is 3. The van der Waals surface area contributed by atoms with Gasteiger partial charge in [-0.1, -0.05) is 48.6 Å². The van der Waals surface area contributed by atoms with Crippen LogP contribution in [0, 0.1) is 5.92 Å². The molecule has 1 fully saturated rings. The number of nitrogens with zero attached hydrogens (tertiary/aromatic N) is 1. The van der Waals surface area contributed by atoms with Crippen molar-refractivity contribution in [3.63, 3.8) is 0 Å². The van der Waals surface area contributed by atoms with Gasteiger partial charge in [0.2, 0.25) is 5.91 Å². The van der Waals surface area contributed by atoms with Crippen molar-refractivity contribution in [2.24, 2.45) is 5.92 Å². The molecule has 1 spiro atoms. The zero-order chi connectivity index (χ0) is 25.9. The summed E-state index contributed by atoms with van der Waals surface area (Å²) in [6, 6.07) is 18.7. The van der Waals surface area contributed by atoms with Crippen molar-refractivity contribution in [2.75, 3.05) is 24.4 Å². The van der Waals surface area contributed by atoms with Crippen LogP contribution in [-0.4, -0.2) is 43.8 Å². The summed E-state index contributed by atoms with van der Waals surface area (Å²) < 4.78 is 10.8. The number of fused-ring (bicyclic) bond motifs is 5. The molecule has 6 rings (SSSR count). The highest BCUT2D eigenvalue weighted by molar-refractivity contribution is 6.17. The fourth-order valence-electron chi connectivity index (χ4n) is 6.49. The molecule has 0 aliphatic carbocycles. The van der Waals surface area contributed by atoms with Gasteiger partial charge in [-0.3, -0.25) is 14.4 Å². The van der Waals surface area contributed by atoms with Gasteiger partial charge in [-0.25, -0.2) is 0 Å². The van der Waals surface area contributed by atoms with Gasteiger partial charge >= 0.3 is 0 Å². The lowest BCUT2D eigenvalue weighted by Gasteiger charge is -2.36. The van der Waals surface area contributed by atoms with Gasteiger partial charge in [0.25, 0.3) is 0 Å². The Bertz CT molecular complexity index is 1490. The molecule has 1 N–H and O–H groups in total. The van der Waals surface area contributed by atoms with Crippen molar-refractivity contribution in [3.8, 4) is 11.5 Å². The summed E-state index contributed by atoms with van der Waals surface area (Å²) in [5, 5.41) is 2.99. The lowest BCUT2D eigenvalue weighted by molar-refractivity contribution is -0.127. The fraction of sp³-hybridized carbons (Fsp3) is 0.233. The van der Waals surface area contributed by atoms with Crippen LogP contribution in [-0.2, 0) is 15.0 Å². The van der Waals surface area contributed by atoms with E-state index in [2.05, 4.69) is 5.32 Å². The minimum atomic E-state index is -1.42. The molecule has 7 heteroatoms. The van der Waals surface area contributed by atoms with Crippen molar-refractivity contribution in [2.45, 2.75) is 24.4 Å². The van der Waals surface area contributed by atoms with Crippen LogP contribution >= 0.6 is 0 Å². The highest BCUT2D eigenvalue weighted by atomic mass is 16.5. The number of para-hydroxylation sites is 2. The first-order valence-electron chi connectivity index (χ1n) is 12.2. The van der Waals surface area contributed by atoms with E-state index < -0.39 is 23.4 Å². The van der Waals surface area contributed by atoms with Crippen molar-refractivity contribution in [1.82, 2.24) is 0 Å². The van der Waals surface area contributed by atoms with E-state index in [1.54, 1.807) is 18.2 Å². The van der Waals surface area contributed by atoms with Crippen molar-refractivity contribution < 1.29 is 23.9 Å². The van der Waals surface area contributed by atoms with Gasteiger partial charge in [0, 0.05) is 16.9 Å². The Balaban J connectivity index is 1.63. The molecule has 0 bridgehead atoms. The van der Waals surface area contributed by atoms with Crippen LogP contribution in [0.15, 0.2) is 72.8 Å². The summed E-state index contributed by atoms with van der Waals surface area (Å²) in [5.74, 6) is -0.707. The highest BCUT2D eigenvalue weighted by Crippen LogP contribution is 2.57. The van der Waals surface area contributed by atoms with Gasteiger partial charge in [-0.2, -0.15) is 0 Å². The van der Waals surface area contributed by atoms with E-state index in [1.165, 1.54) is 21.1 Å². The summed E-state index contributed by atoms with van der Waals surface area (Å²) in [5.41, 5.74) is 2.02. The monoisotopic (exact) mass is 494 g/mol. The number of rotatable bonds is 5. The average molecular weight is 495 g/mol. The number of hydrogen-bond acceptors (Lipinski definition) is 6. The Morgan fingerprint density at radius 1 is 0.946 bits per heavy atom. The maximum atomic E-state index is 14.5. The minimum absolute atomic E-state index is 0.176. The third-order valence-electron chi connectivity index (χ3n) is 7.88. The summed E-state index contributed by atoms with van der Waals surface area (Å²) in [7, 11) is 3.04. The number of benzene rings is 3. The van der Waals surface area contributed by atoms with Crippen LogP contribution in [0.3, 0.4) is 0 Å². The second-order valence-corrected chi connectivity index (χ2v) is 9.61.